The van der Waals surface area contributed by atoms with Gasteiger partial charge in [0, 0.05) is 0 Å². The summed E-state index contributed by atoms with van der Waals surface area (Å²) in [6, 6.07) is 9.11. The SMILES string of the molecule is COc1cc(C=C(C#N)C#N)ccc1I. The molecule has 0 saturated carbocycles. The van der Waals surface area contributed by atoms with Crippen molar-refractivity contribution in [3.05, 3.63) is 32.9 Å². The minimum Gasteiger partial charge on any atom is -0.496 e. The summed E-state index contributed by atoms with van der Waals surface area (Å²) < 4.78 is 6.12. The van der Waals surface area contributed by atoms with Gasteiger partial charge in [-0.1, -0.05) is 6.07 Å². The molecule has 0 aromatic heterocycles. The van der Waals surface area contributed by atoms with E-state index in [1.54, 1.807) is 13.2 Å². The summed E-state index contributed by atoms with van der Waals surface area (Å²) in [5, 5.41) is 17.2. The molecule has 74 valence electrons. The predicted molar refractivity (Wildman–Crippen MR) is 64.9 cm³/mol. The third kappa shape index (κ3) is 2.97. The lowest BCUT2D eigenvalue weighted by Crippen LogP contribution is -1.87. The van der Waals surface area contributed by atoms with Crippen LogP contribution in [0.1, 0.15) is 5.56 Å². The molecule has 0 amide bonds. The van der Waals surface area contributed by atoms with Crippen molar-refractivity contribution in [2.24, 2.45) is 0 Å². The first-order valence-corrected chi connectivity index (χ1v) is 5.14. The Bertz CT molecular complexity index is 464. The number of hydrogen-bond acceptors (Lipinski definition) is 3. The van der Waals surface area contributed by atoms with Crippen molar-refractivity contribution in [1.29, 1.82) is 10.5 Å². The Morgan fingerprint density at radius 1 is 1.40 bits per heavy atom. The Morgan fingerprint density at radius 2 is 2.07 bits per heavy atom. The molecule has 0 radical (unpaired) electrons. The van der Waals surface area contributed by atoms with E-state index in [9.17, 15) is 0 Å². The minimum atomic E-state index is 0.0817. The van der Waals surface area contributed by atoms with Crippen LogP contribution in [0.2, 0.25) is 0 Å². The van der Waals surface area contributed by atoms with Gasteiger partial charge in [-0.3, -0.25) is 0 Å². The van der Waals surface area contributed by atoms with Crippen LogP contribution >= 0.6 is 22.6 Å². The number of hydrogen-bond donors (Lipinski definition) is 0. The van der Waals surface area contributed by atoms with Crippen molar-refractivity contribution in [1.82, 2.24) is 0 Å². The molecule has 3 nitrogen and oxygen atoms in total. The zero-order chi connectivity index (χ0) is 11.3. The first-order chi connectivity index (χ1) is 7.21. The minimum absolute atomic E-state index is 0.0817. The van der Waals surface area contributed by atoms with Crippen LogP contribution in [0.4, 0.5) is 0 Å². The maximum Gasteiger partial charge on any atom is 0.132 e. The van der Waals surface area contributed by atoms with Crippen molar-refractivity contribution < 1.29 is 4.74 Å². The normalized spacial score (nSPS) is 8.53. The highest BCUT2D eigenvalue weighted by Crippen LogP contribution is 2.22. The van der Waals surface area contributed by atoms with Gasteiger partial charge in [-0.2, -0.15) is 10.5 Å². The van der Waals surface area contributed by atoms with Crippen molar-refractivity contribution in [3.8, 4) is 17.9 Å². The van der Waals surface area contributed by atoms with Crippen LogP contribution in [0.15, 0.2) is 23.8 Å². The summed E-state index contributed by atoms with van der Waals surface area (Å²) in [5.74, 6) is 0.736. The molecule has 15 heavy (non-hydrogen) atoms. The number of halogens is 1. The van der Waals surface area contributed by atoms with Crippen LogP contribution < -0.4 is 4.74 Å². The zero-order valence-corrected chi connectivity index (χ0v) is 10.1. The lowest BCUT2D eigenvalue weighted by molar-refractivity contribution is 0.411. The van der Waals surface area contributed by atoms with E-state index < -0.39 is 0 Å². The van der Waals surface area contributed by atoms with Gasteiger partial charge in [0.15, 0.2) is 0 Å². The molecule has 0 bridgehead atoms. The smallest absolute Gasteiger partial charge is 0.132 e. The van der Waals surface area contributed by atoms with Crippen LogP contribution in [0.5, 0.6) is 5.75 Å². The molecule has 0 spiro atoms. The van der Waals surface area contributed by atoms with Gasteiger partial charge in [-0.15, -0.1) is 0 Å². The number of rotatable bonds is 2. The lowest BCUT2D eigenvalue weighted by Gasteiger charge is -2.03. The zero-order valence-electron chi connectivity index (χ0n) is 7.99. The van der Waals surface area contributed by atoms with Crippen molar-refractivity contribution in [2.45, 2.75) is 0 Å². The monoisotopic (exact) mass is 310 g/mol. The molecule has 0 aliphatic carbocycles. The van der Waals surface area contributed by atoms with E-state index >= 15 is 0 Å². The average Bonchev–Trinajstić information content (AvgIpc) is 2.28. The first-order valence-electron chi connectivity index (χ1n) is 4.06. The standard InChI is InChI=1S/C11H7IN2O/c1-15-11-5-8(2-3-10(11)12)4-9(6-13)7-14/h2-5H,1H3. The molecule has 1 aromatic rings. The number of benzene rings is 1. The molecular weight excluding hydrogens is 303 g/mol. The van der Waals surface area contributed by atoms with Gasteiger partial charge < -0.3 is 4.74 Å². The van der Waals surface area contributed by atoms with Gasteiger partial charge in [0.2, 0.25) is 0 Å². The largest absolute Gasteiger partial charge is 0.496 e. The highest BCUT2D eigenvalue weighted by Gasteiger charge is 2.00. The Labute approximate surface area is 102 Å². The van der Waals surface area contributed by atoms with Gasteiger partial charge >= 0.3 is 0 Å². The maximum absolute atomic E-state index is 8.59. The topological polar surface area (TPSA) is 56.8 Å². The van der Waals surface area contributed by atoms with Crippen LogP contribution in [0.25, 0.3) is 6.08 Å². The molecule has 1 rings (SSSR count). The van der Waals surface area contributed by atoms with Gasteiger partial charge in [-0.05, 0) is 46.4 Å². The summed E-state index contributed by atoms with van der Waals surface area (Å²) in [7, 11) is 1.58. The second kappa shape index (κ2) is 5.38. The predicted octanol–water partition coefficient (Wildman–Crippen LogP) is 2.73. The molecule has 0 heterocycles. The number of allylic oxidation sites excluding steroid dienone is 1. The molecule has 0 aliphatic rings. The van der Waals surface area contributed by atoms with Crippen LogP contribution in [0.3, 0.4) is 0 Å². The molecule has 4 heteroatoms. The van der Waals surface area contributed by atoms with Gasteiger partial charge in [0.1, 0.15) is 23.5 Å². The fourth-order valence-corrected chi connectivity index (χ4v) is 1.58. The highest BCUT2D eigenvalue weighted by molar-refractivity contribution is 14.1. The van der Waals surface area contributed by atoms with Gasteiger partial charge in [-0.25, -0.2) is 0 Å². The third-order valence-electron chi connectivity index (χ3n) is 1.73. The van der Waals surface area contributed by atoms with E-state index in [0.717, 1.165) is 14.9 Å². The summed E-state index contributed by atoms with van der Waals surface area (Å²) >= 11 is 2.15. The third-order valence-corrected chi connectivity index (χ3v) is 2.62. The molecule has 0 aliphatic heterocycles. The Balaban J connectivity index is 3.14. The molecule has 0 saturated heterocycles. The van der Waals surface area contributed by atoms with Crippen LogP contribution in [0, 0.1) is 26.2 Å². The first kappa shape index (κ1) is 11.5. The fourth-order valence-electron chi connectivity index (χ4n) is 1.02. The molecular formula is C11H7IN2O. The van der Waals surface area contributed by atoms with Crippen molar-refractivity contribution in [2.75, 3.05) is 7.11 Å². The van der Waals surface area contributed by atoms with Crippen molar-refractivity contribution in [3.63, 3.8) is 0 Å². The van der Waals surface area contributed by atoms with E-state index in [0.29, 0.717) is 0 Å². The lowest BCUT2D eigenvalue weighted by atomic mass is 10.1. The van der Waals surface area contributed by atoms with Gasteiger partial charge in [0.05, 0.1) is 10.7 Å². The fraction of sp³-hybridized carbons (Fsp3) is 0.0909. The average molecular weight is 310 g/mol. The number of ether oxygens (including phenoxy) is 1. The Morgan fingerprint density at radius 3 is 2.60 bits per heavy atom. The molecule has 0 N–H and O–H groups in total. The quantitative estimate of drug-likeness (QED) is 0.623. The second-order valence-corrected chi connectivity index (χ2v) is 3.84. The van der Waals surface area contributed by atoms with Crippen LogP contribution in [-0.2, 0) is 0 Å². The maximum atomic E-state index is 8.59. The Hall–Kier alpha value is -1.53. The summed E-state index contributed by atoms with van der Waals surface area (Å²) in [6.45, 7) is 0. The van der Waals surface area contributed by atoms with Gasteiger partial charge in [0.25, 0.3) is 0 Å². The molecule has 0 atom stereocenters. The summed E-state index contributed by atoms with van der Waals surface area (Å²) in [4.78, 5) is 0. The molecule has 0 fully saturated rings. The Kier molecular flexibility index (Phi) is 4.14. The number of nitrogens with zero attached hydrogens (tertiary/aromatic N) is 2. The van der Waals surface area contributed by atoms with E-state index in [4.69, 9.17) is 15.3 Å². The van der Waals surface area contributed by atoms with E-state index in [1.165, 1.54) is 6.08 Å². The number of nitriles is 2. The van der Waals surface area contributed by atoms with E-state index in [-0.39, 0.29) is 5.57 Å². The molecule has 1 aromatic carbocycles. The van der Waals surface area contributed by atoms with Crippen molar-refractivity contribution >= 4 is 28.7 Å². The van der Waals surface area contributed by atoms with E-state index in [2.05, 4.69) is 22.6 Å². The molecule has 0 unspecified atom stereocenters. The van der Waals surface area contributed by atoms with Crippen LogP contribution in [-0.4, -0.2) is 7.11 Å². The summed E-state index contributed by atoms with van der Waals surface area (Å²) in [6.07, 6.45) is 1.53. The summed E-state index contributed by atoms with van der Waals surface area (Å²) in [5.41, 5.74) is 0.864. The van der Waals surface area contributed by atoms with E-state index in [1.807, 2.05) is 24.3 Å². The number of methoxy groups -OCH3 is 1. The highest BCUT2D eigenvalue weighted by atomic mass is 127. The second-order valence-electron chi connectivity index (χ2n) is 2.68.